The normalized spacial score (nSPS) is 14.7. The first-order valence-corrected chi connectivity index (χ1v) is 8.74. The number of carbonyl (C=O) groups excluding carboxylic acids is 1. The Kier molecular flexibility index (Phi) is 3.90. The zero-order valence-corrected chi connectivity index (χ0v) is 13.2. The summed E-state index contributed by atoms with van der Waals surface area (Å²) >= 11 is 0. The number of anilines is 1. The number of benzene rings is 1. The van der Waals surface area contributed by atoms with E-state index in [-0.39, 0.29) is 30.9 Å². The van der Waals surface area contributed by atoms with E-state index in [2.05, 4.69) is 15.5 Å². The van der Waals surface area contributed by atoms with Gasteiger partial charge in [0.15, 0.2) is 5.82 Å². The topological polar surface area (TPSA) is 95.2 Å². The van der Waals surface area contributed by atoms with Gasteiger partial charge < -0.3 is 5.32 Å². The van der Waals surface area contributed by atoms with Crippen LogP contribution in [0.5, 0.6) is 0 Å². The van der Waals surface area contributed by atoms with Gasteiger partial charge in [-0.1, -0.05) is 18.2 Å². The summed E-state index contributed by atoms with van der Waals surface area (Å²) in [6, 6.07) is 6.03. The van der Waals surface area contributed by atoms with Crippen LogP contribution in [0.3, 0.4) is 0 Å². The fourth-order valence-corrected chi connectivity index (χ4v) is 3.17. The number of amides is 1. The number of hydrogen-bond donors (Lipinski definition) is 2. The highest BCUT2D eigenvalue weighted by Gasteiger charge is 2.30. The lowest BCUT2D eigenvalue weighted by Gasteiger charge is -2.11. The zero-order valence-electron chi connectivity index (χ0n) is 12.3. The summed E-state index contributed by atoms with van der Waals surface area (Å²) in [6.45, 7) is 0.352. The molecule has 0 saturated heterocycles. The Balaban J connectivity index is 1.71. The Labute approximate surface area is 132 Å². The molecule has 1 aromatic heterocycles. The van der Waals surface area contributed by atoms with Gasteiger partial charge in [-0.2, -0.15) is 9.40 Å². The van der Waals surface area contributed by atoms with Gasteiger partial charge in [0, 0.05) is 12.1 Å². The number of nitrogens with zero attached hydrogens (tertiary/aromatic N) is 2. The van der Waals surface area contributed by atoms with E-state index in [1.807, 2.05) is 0 Å². The summed E-state index contributed by atoms with van der Waals surface area (Å²) < 4.78 is 38.0. The number of H-pyrrole nitrogens is 1. The van der Waals surface area contributed by atoms with Crippen molar-refractivity contribution < 1.29 is 17.6 Å². The van der Waals surface area contributed by atoms with Crippen molar-refractivity contribution in [3.63, 3.8) is 0 Å². The Hall–Kier alpha value is -2.26. The van der Waals surface area contributed by atoms with E-state index in [0.29, 0.717) is 11.3 Å². The average Bonchev–Trinajstić information content (AvgIpc) is 3.03. The van der Waals surface area contributed by atoms with E-state index >= 15 is 0 Å². The van der Waals surface area contributed by atoms with E-state index in [0.717, 1.165) is 6.26 Å². The van der Waals surface area contributed by atoms with Crippen molar-refractivity contribution in [2.24, 2.45) is 0 Å². The third-order valence-corrected chi connectivity index (χ3v) is 4.85. The van der Waals surface area contributed by atoms with E-state index in [4.69, 9.17) is 0 Å². The molecule has 1 amide bonds. The van der Waals surface area contributed by atoms with E-state index < -0.39 is 21.7 Å². The number of sulfonamides is 1. The van der Waals surface area contributed by atoms with Crippen molar-refractivity contribution in [1.82, 2.24) is 14.5 Å². The fraction of sp³-hybridized carbons (Fsp3) is 0.286. The molecular formula is C14H15FN4O3S. The number of aromatic amines is 1. The van der Waals surface area contributed by atoms with Crippen molar-refractivity contribution in [3.8, 4) is 0 Å². The largest absolute Gasteiger partial charge is 0.309 e. The molecule has 7 nitrogen and oxygen atoms in total. The molecule has 0 aliphatic carbocycles. The summed E-state index contributed by atoms with van der Waals surface area (Å²) in [7, 11) is -3.32. The van der Waals surface area contributed by atoms with Crippen molar-refractivity contribution >= 4 is 21.7 Å². The lowest BCUT2D eigenvalue weighted by atomic mass is 10.1. The predicted molar refractivity (Wildman–Crippen MR) is 81.4 cm³/mol. The maximum Gasteiger partial charge on any atom is 0.230 e. The predicted octanol–water partition coefficient (Wildman–Crippen LogP) is 1.01. The second-order valence-corrected chi connectivity index (χ2v) is 7.36. The van der Waals surface area contributed by atoms with Crippen molar-refractivity contribution in [2.45, 2.75) is 19.5 Å². The maximum absolute atomic E-state index is 13.6. The second kappa shape index (κ2) is 5.74. The number of carbonyl (C=O) groups is 1. The van der Waals surface area contributed by atoms with Gasteiger partial charge in [0.1, 0.15) is 5.82 Å². The van der Waals surface area contributed by atoms with Crippen LogP contribution in [0.2, 0.25) is 0 Å². The SMILES string of the molecule is CS(=O)(=O)N1Cc2[nH]nc(NC(=O)Cc3ccccc3F)c2C1. The minimum atomic E-state index is -3.32. The summed E-state index contributed by atoms with van der Waals surface area (Å²) in [5.74, 6) is -0.576. The molecule has 2 aromatic rings. The number of fused-ring (bicyclic) bond motifs is 1. The van der Waals surface area contributed by atoms with Crippen molar-refractivity contribution in [1.29, 1.82) is 0 Å². The minimum Gasteiger partial charge on any atom is -0.309 e. The third-order valence-electron chi connectivity index (χ3n) is 3.66. The van der Waals surface area contributed by atoms with Gasteiger partial charge >= 0.3 is 0 Å². The van der Waals surface area contributed by atoms with Gasteiger partial charge in [0.05, 0.1) is 24.9 Å². The maximum atomic E-state index is 13.6. The number of hydrogen-bond acceptors (Lipinski definition) is 4. The van der Waals surface area contributed by atoms with Crippen LogP contribution in [-0.4, -0.2) is 35.1 Å². The van der Waals surface area contributed by atoms with Crippen molar-refractivity contribution in [3.05, 3.63) is 46.9 Å². The molecule has 0 bridgehead atoms. The lowest BCUT2D eigenvalue weighted by Crippen LogP contribution is -2.24. The average molecular weight is 338 g/mol. The van der Waals surface area contributed by atoms with Crippen LogP contribution in [-0.2, 0) is 34.3 Å². The molecule has 1 aliphatic heterocycles. The van der Waals surface area contributed by atoms with Crippen LogP contribution >= 0.6 is 0 Å². The van der Waals surface area contributed by atoms with Crippen LogP contribution < -0.4 is 5.32 Å². The van der Waals surface area contributed by atoms with Crippen LogP contribution in [0.25, 0.3) is 0 Å². The van der Waals surface area contributed by atoms with E-state index in [1.165, 1.54) is 16.4 Å². The van der Waals surface area contributed by atoms with Crippen LogP contribution in [0.1, 0.15) is 16.8 Å². The summed E-state index contributed by atoms with van der Waals surface area (Å²) in [4.78, 5) is 12.0. The molecule has 9 heteroatoms. The van der Waals surface area contributed by atoms with Gasteiger partial charge in [0.2, 0.25) is 15.9 Å². The molecule has 2 N–H and O–H groups in total. The molecule has 122 valence electrons. The molecular weight excluding hydrogens is 323 g/mol. The summed E-state index contributed by atoms with van der Waals surface area (Å²) in [5.41, 5.74) is 1.57. The zero-order chi connectivity index (χ0) is 16.6. The molecule has 0 fully saturated rings. The van der Waals surface area contributed by atoms with Crippen LogP contribution in [0.4, 0.5) is 10.2 Å². The van der Waals surface area contributed by atoms with E-state index in [9.17, 15) is 17.6 Å². The molecule has 0 radical (unpaired) electrons. The number of rotatable bonds is 4. The Morgan fingerprint density at radius 2 is 2.13 bits per heavy atom. The van der Waals surface area contributed by atoms with Crippen molar-refractivity contribution in [2.75, 3.05) is 11.6 Å². The Morgan fingerprint density at radius 1 is 1.39 bits per heavy atom. The third kappa shape index (κ3) is 3.25. The first kappa shape index (κ1) is 15.6. The van der Waals surface area contributed by atoms with Gasteiger partial charge in [-0.25, -0.2) is 12.8 Å². The first-order valence-electron chi connectivity index (χ1n) is 6.89. The highest BCUT2D eigenvalue weighted by molar-refractivity contribution is 7.88. The quantitative estimate of drug-likeness (QED) is 0.869. The molecule has 1 aliphatic rings. The Bertz CT molecular complexity index is 863. The van der Waals surface area contributed by atoms with Gasteiger partial charge in [-0.05, 0) is 11.6 Å². The molecule has 0 saturated carbocycles. The second-order valence-electron chi connectivity index (χ2n) is 5.38. The molecule has 3 rings (SSSR count). The van der Waals surface area contributed by atoms with Gasteiger partial charge in [-0.15, -0.1) is 0 Å². The molecule has 0 atom stereocenters. The first-order chi connectivity index (χ1) is 10.8. The standard InChI is InChI=1S/C14H15FN4O3S/c1-23(21,22)19-7-10-12(8-19)17-18-14(10)16-13(20)6-9-4-2-3-5-11(9)15/h2-5H,6-8H2,1H3,(H2,16,17,18,20). The van der Waals surface area contributed by atoms with E-state index in [1.54, 1.807) is 12.1 Å². The highest BCUT2D eigenvalue weighted by Crippen LogP contribution is 2.28. The summed E-state index contributed by atoms with van der Waals surface area (Å²) in [6.07, 6.45) is 1.01. The molecule has 23 heavy (non-hydrogen) atoms. The van der Waals surface area contributed by atoms with Crippen LogP contribution in [0.15, 0.2) is 24.3 Å². The monoisotopic (exact) mass is 338 g/mol. The molecule has 1 aromatic carbocycles. The number of nitrogens with one attached hydrogen (secondary N) is 2. The minimum absolute atomic E-state index is 0.121. The lowest BCUT2D eigenvalue weighted by molar-refractivity contribution is -0.115. The Morgan fingerprint density at radius 3 is 2.83 bits per heavy atom. The summed E-state index contributed by atoms with van der Waals surface area (Å²) in [5, 5.41) is 9.31. The number of halogens is 1. The highest BCUT2D eigenvalue weighted by atomic mass is 32.2. The molecule has 0 spiro atoms. The molecule has 2 heterocycles. The fourth-order valence-electron chi connectivity index (χ4n) is 2.44. The molecule has 0 unspecified atom stereocenters. The van der Waals surface area contributed by atoms with Gasteiger partial charge in [0.25, 0.3) is 0 Å². The number of aromatic nitrogens is 2. The smallest absolute Gasteiger partial charge is 0.230 e. The van der Waals surface area contributed by atoms with Gasteiger partial charge in [-0.3, -0.25) is 9.89 Å². The van der Waals surface area contributed by atoms with Crippen LogP contribution in [0, 0.1) is 5.82 Å².